The number of imide groups is 1. The highest BCUT2D eigenvalue weighted by Gasteiger charge is 2.34. The van der Waals surface area contributed by atoms with E-state index in [1.54, 1.807) is 31.3 Å². The Hall–Kier alpha value is -3.55. The van der Waals surface area contributed by atoms with Crippen LogP contribution in [0.4, 0.5) is 0 Å². The van der Waals surface area contributed by atoms with Gasteiger partial charge in [-0.1, -0.05) is 18.2 Å². The maximum atomic E-state index is 12.4. The zero-order chi connectivity index (χ0) is 19.5. The van der Waals surface area contributed by atoms with Gasteiger partial charge in [0.25, 0.3) is 11.8 Å². The SMILES string of the molecule is CN=C(NCCN1C(=O)c2ccccc2C1=O)NCc1ccc2c(c1)OCO2. The third-order valence-corrected chi connectivity index (χ3v) is 4.63. The summed E-state index contributed by atoms with van der Waals surface area (Å²) in [5.41, 5.74) is 1.93. The molecule has 2 aromatic rings. The molecule has 28 heavy (non-hydrogen) atoms. The van der Waals surface area contributed by atoms with Crippen LogP contribution in [-0.2, 0) is 6.54 Å². The van der Waals surface area contributed by atoms with Gasteiger partial charge in [0.05, 0.1) is 11.1 Å². The second-order valence-corrected chi connectivity index (χ2v) is 6.35. The van der Waals surface area contributed by atoms with Crippen LogP contribution >= 0.6 is 0 Å². The van der Waals surface area contributed by atoms with E-state index in [-0.39, 0.29) is 25.2 Å². The highest BCUT2D eigenvalue weighted by Crippen LogP contribution is 2.32. The number of guanidine groups is 1. The molecule has 0 spiro atoms. The van der Waals surface area contributed by atoms with Crippen molar-refractivity contribution in [2.24, 2.45) is 4.99 Å². The van der Waals surface area contributed by atoms with Gasteiger partial charge in [-0.3, -0.25) is 19.5 Å². The zero-order valence-electron chi connectivity index (χ0n) is 15.4. The van der Waals surface area contributed by atoms with Crippen molar-refractivity contribution >= 4 is 17.8 Å². The average Bonchev–Trinajstić information content (AvgIpc) is 3.28. The van der Waals surface area contributed by atoms with Crippen LogP contribution in [0.2, 0.25) is 0 Å². The van der Waals surface area contributed by atoms with E-state index in [0.29, 0.717) is 30.2 Å². The highest BCUT2D eigenvalue weighted by atomic mass is 16.7. The van der Waals surface area contributed by atoms with Gasteiger partial charge in [0.1, 0.15) is 0 Å². The molecule has 2 amide bonds. The summed E-state index contributed by atoms with van der Waals surface area (Å²) in [6, 6.07) is 12.6. The van der Waals surface area contributed by atoms with Crippen LogP contribution in [0.25, 0.3) is 0 Å². The lowest BCUT2D eigenvalue weighted by Gasteiger charge is -2.16. The molecule has 2 N–H and O–H groups in total. The first kappa shape index (κ1) is 17.8. The molecule has 0 saturated heterocycles. The maximum Gasteiger partial charge on any atom is 0.261 e. The normalized spacial score (nSPS) is 15.0. The number of benzene rings is 2. The molecule has 0 saturated carbocycles. The fourth-order valence-corrected chi connectivity index (χ4v) is 3.19. The predicted molar refractivity (Wildman–Crippen MR) is 103 cm³/mol. The Morgan fingerprint density at radius 2 is 1.75 bits per heavy atom. The maximum absolute atomic E-state index is 12.4. The van der Waals surface area contributed by atoms with E-state index in [4.69, 9.17) is 9.47 Å². The largest absolute Gasteiger partial charge is 0.454 e. The molecule has 0 aliphatic carbocycles. The van der Waals surface area contributed by atoms with Crippen molar-refractivity contribution < 1.29 is 19.1 Å². The van der Waals surface area contributed by atoms with Crippen molar-refractivity contribution in [3.8, 4) is 11.5 Å². The van der Waals surface area contributed by atoms with Crippen molar-refractivity contribution in [3.63, 3.8) is 0 Å². The predicted octanol–water partition coefficient (Wildman–Crippen LogP) is 1.38. The van der Waals surface area contributed by atoms with Gasteiger partial charge < -0.3 is 20.1 Å². The Morgan fingerprint density at radius 1 is 1.04 bits per heavy atom. The number of carbonyl (C=O) groups is 2. The standard InChI is InChI=1S/C20H20N4O4/c1-21-20(23-11-13-6-7-16-17(10-13)28-12-27-16)22-8-9-24-18(25)14-4-2-3-5-15(14)19(24)26/h2-7,10H,8-9,11-12H2,1H3,(H2,21,22,23). The first-order chi connectivity index (χ1) is 13.7. The molecule has 2 aromatic carbocycles. The molecule has 0 aromatic heterocycles. The molecule has 8 nitrogen and oxygen atoms in total. The lowest BCUT2D eigenvalue weighted by Crippen LogP contribution is -2.42. The lowest BCUT2D eigenvalue weighted by molar-refractivity contribution is 0.0657. The van der Waals surface area contributed by atoms with E-state index in [2.05, 4.69) is 15.6 Å². The highest BCUT2D eigenvalue weighted by molar-refractivity contribution is 6.21. The number of aliphatic imine (C=N–C) groups is 1. The minimum atomic E-state index is -0.259. The zero-order valence-corrected chi connectivity index (χ0v) is 15.4. The lowest BCUT2D eigenvalue weighted by atomic mass is 10.1. The molecule has 0 atom stereocenters. The van der Waals surface area contributed by atoms with Gasteiger partial charge in [0, 0.05) is 26.7 Å². The molecule has 0 unspecified atom stereocenters. The van der Waals surface area contributed by atoms with Crippen LogP contribution in [0.1, 0.15) is 26.3 Å². The molecule has 144 valence electrons. The number of hydrogen-bond acceptors (Lipinski definition) is 5. The first-order valence-electron chi connectivity index (χ1n) is 8.95. The van der Waals surface area contributed by atoms with Crippen LogP contribution in [0, 0.1) is 0 Å². The van der Waals surface area contributed by atoms with Crippen LogP contribution < -0.4 is 20.1 Å². The molecular formula is C20H20N4O4. The van der Waals surface area contributed by atoms with Gasteiger partial charge in [-0.2, -0.15) is 0 Å². The van der Waals surface area contributed by atoms with Gasteiger partial charge in [0.15, 0.2) is 17.5 Å². The van der Waals surface area contributed by atoms with E-state index in [1.165, 1.54) is 4.90 Å². The Labute approximate surface area is 162 Å². The van der Waals surface area contributed by atoms with Gasteiger partial charge >= 0.3 is 0 Å². The molecule has 8 heteroatoms. The van der Waals surface area contributed by atoms with Gasteiger partial charge in [-0.25, -0.2) is 0 Å². The Balaban J connectivity index is 1.28. The summed E-state index contributed by atoms with van der Waals surface area (Å²) in [5.74, 6) is 1.53. The number of fused-ring (bicyclic) bond motifs is 2. The van der Waals surface area contributed by atoms with E-state index in [0.717, 1.165) is 17.1 Å². The average molecular weight is 380 g/mol. The topological polar surface area (TPSA) is 92.3 Å². The summed E-state index contributed by atoms with van der Waals surface area (Å²) in [7, 11) is 1.66. The number of ether oxygens (including phenoxy) is 2. The fourth-order valence-electron chi connectivity index (χ4n) is 3.19. The fraction of sp³-hybridized carbons (Fsp3) is 0.250. The minimum Gasteiger partial charge on any atom is -0.454 e. The van der Waals surface area contributed by atoms with E-state index >= 15 is 0 Å². The van der Waals surface area contributed by atoms with E-state index in [9.17, 15) is 9.59 Å². The summed E-state index contributed by atoms with van der Waals surface area (Å²) in [6.07, 6.45) is 0. The first-order valence-corrected chi connectivity index (χ1v) is 8.95. The van der Waals surface area contributed by atoms with Crippen LogP contribution in [0.5, 0.6) is 11.5 Å². The number of hydrogen-bond donors (Lipinski definition) is 2. The number of nitrogens with zero attached hydrogens (tertiary/aromatic N) is 2. The third-order valence-electron chi connectivity index (χ3n) is 4.63. The molecule has 2 aliphatic heterocycles. The van der Waals surface area contributed by atoms with Crippen LogP contribution in [0.15, 0.2) is 47.5 Å². The van der Waals surface area contributed by atoms with Crippen LogP contribution in [0.3, 0.4) is 0 Å². The number of rotatable bonds is 5. The molecule has 0 radical (unpaired) electrons. The van der Waals surface area contributed by atoms with Crippen molar-refractivity contribution in [1.29, 1.82) is 0 Å². The van der Waals surface area contributed by atoms with E-state index in [1.807, 2.05) is 18.2 Å². The monoisotopic (exact) mass is 380 g/mol. The molecular weight excluding hydrogens is 360 g/mol. The second-order valence-electron chi connectivity index (χ2n) is 6.35. The third kappa shape index (κ3) is 3.36. The van der Waals surface area contributed by atoms with Crippen LogP contribution in [-0.4, -0.2) is 49.6 Å². The summed E-state index contributed by atoms with van der Waals surface area (Å²) in [6.45, 7) is 1.44. The number of nitrogens with one attached hydrogen (secondary N) is 2. The van der Waals surface area contributed by atoms with Crippen molar-refractivity contribution in [3.05, 3.63) is 59.2 Å². The summed E-state index contributed by atoms with van der Waals surface area (Å²) >= 11 is 0. The minimum absolute atomic E-state index is 0.243. The van der Waals surface area contributed by atoms with E-state index < -0.39 is 0 Å². The molecule has 2 heterocycles. The quantitative estimate of drug-likeness (QED) is 0.463. The Morgan fingerprint density at radius 3 is 2.46 bits per heavy atom. The summed E-state index contributed by atoms with van der Waals surface area (Å²) < 4.78 is 10.7. The number of carbonyl (C=O) groups excluding carboxylic acids is 2. The Bertz CT molecular complexity index is 922. The molecule has 0 bridgehead atoms. The molecule has 2 aliphatic rings. The van der Waals surface area contributed by atoms with Crippen molar-refractivity contribution in [1.82, 2.24) is 15.5 Å². The molecule has 0 fully saturated rings. The van der Waals surface area contributed by atoms with Gasteiger partial charge in [-0.05, 0) is 29.8 Å². The van der Waals surface area contributed by atoms with Gasteiger partial charge in [-0.15, -0.1) is 0 Å². The number of amides is 2. The van der Waals surface area contributed by atoms with Gasteiger partial charge in [0.2, 0.25) is 6.79 Å². The molecule has 4 rings (SSSR count). The van der Waals surface area contributed by atoms with Crippen molar-refractivity contribution in [2.45, 2.75) is 6.54 Å². The van der Waals surface area contributed by atoms with Crippen molar-refractivity contribution in [2.75, 3.05) is 26.9 Å². The summed E-state index contributed by atoms with van der Waals surface area (Å²) in [5, 5.41) is 6.32. The summed E-state index contributed by atoms with van der Waals surface area (Å²) in [4.78, 5) is 30.2. The Kier molecular flexibility index (Phi) is 4.84. The second kappa shape index (κ2) is 7.59. The smallest absolute Gasteiger partial charge is 0.261 e.